The highest BCUT2D eigenvalue weighted by Crippen LogP contribution is 2.58. The smallest absolute Gasteiger partial charge is 0.255 e. The van der Waals surface area contributed by atoms with Crippen LogP contribution in [-0.4, -0.2) is 68.9 Å². The summed E-state index contributed by atoms with van der Waals surface area (Å²) in [4.78, 5) is 41.5. The number of hydrogen-bond donors (Lipinski definition) is 6. The van der Waals surface area contributed by atoms with Crippen molar-refractivity contribution in [3.8, 4) is 23.7 Å². The number of carbonyl (C=O) groups excluding carboxylic acids is 3. The number of aromatic hydroxyl groups is 1. The Bertz CT molecular complexity index is 1570. The van der Waals surface area contributed by atoms with E-state index in [9.17, 15) is 35.0 Å². The number of phenols is 1. The number of phenolic OH excluding ortho intramolecular Hbond substituents is 1. The van der Waals surface area contributed by atoms with Gasteiger partial charge in [0.05, 0.1) is 34.3 Å². The van der Waals surface area contributed by atoms with Crippen LogP contribution in [0.5, 0.6) is 5.75 Å². The maximum absolute atomic E-state index is 14.4. The summed E-state index contributed by atoms with van der Waals surface area (Å²) < 4.78 is 0. The minimum absolute atomic E-state index is 0.0582. The number of fused-ring (bicyclic) bond motifs is 3. The Kier molecular flexibility index (Phi) is 6.54. The number of nitriles is 1. The van der Waals surface area contributed by atoms with Crippen molar-refractivity contribution in [2.24, 2.45) is 28.5 Å². The first-order valence-corrected chi connectivity index (χ1v) is 13.5. The molecule has 0 saturated heterocycles. The number of aliphatic hydroxyl groups excluding tert-OH is 2. The number of Topliss-reactive ketones (excluding diaryl/α,β-unsaturated/α-hetero) is 2. The molecule has 0 aliphatic heterocycles. The number of primary amides is 1. The fourth-order valence-electron chi connectivity index (χ4n) is 7.38. The summed E-state index contributed by atoms with van der Waals surface area (Å²) in [5.41, 5.74) is 12.1. The Labute approximate surface area is 237 Å². The summed E-state index contributed by atoms with van der Waals surface area (Å²) in [7, 11) is 2.95. The summed E-state index contributed by atoms with van der Waals surface area (Å²) >= 11 is 0. The summed E-state index contributed by atoms with van der Waals surface area (Å²) in [6.45, 7) is 0. The number of nitrogens with zero attached hydrogens (tertiary/aromatic N) is 2. The quantitative estimate of drug-likeness (QED) is 0.221. The maximum atomic E-state index is 14.4. The molecule has 2 fully saturated rings. The van der Waals surface area contributed by atoms with Crippen LogP contribution in [0.3, 0.4) is 0 Å². The van der Waals surface area contributed by atoms with E-state index in [-0.39, 0.29) is 23.7 Å². The first kappa shape index (κ1) is 28.4. The van der Waals surface area contributed by atoms with Gasteiger partial charge in [0.2, 0.25) is 0 Å². The van der Waals surface area contributed by atoms with Crippen LogP contribution >= 0.6 is 0 Å². The molecule has 1 aromatic rings. The topological polar surface area (TPSA) is 217 Å². The van der Waals surface area contributed by atoms with Crippen molar-refractivity contribution in [2.45, 2.75) is 62.1 Å². The summed E-state index contributed by atoms with van der Waals surface area (Å²) in [6.07, 6.45) is 4.79. The largest absolute Gasteiger partial charge is 0.509 e. The van der Waals surface area contributed by atoms with Gasteiger partial charge in [0.1, 0.15) is 22.8 Å². The highest BCUT2D eigenvalue weighted by molar-refractivity contribution is 6.25. The van der Waals surface area contributed by atoms with Crippen LogP contribution in [0.15, 0.2) is 29.0 Å². The van der Waals surface area contributed by atoms with Gasteiger partial charge >= 0.3 is 0 Å². The highest BCUT2D eigenvalue weighted by Gasteiger charge is 2.74. The molecule has 0 aromatic heterocycles. The average Bonchev–Trinajstić information content (AvgIpc) is 2.87. The summed E-state index contributed by atoms with van der Waals surface area (Å²) in [5.74, 6) is 1.04. The lowest BCUT2D eigenvalue weighted by Gasteiger charge is -2.58. The Balaban J connectivity index is 1.77. The summed E-state index contributed by atoms with van der Waals surface area (Å²) in [6, 6.07) is 3.29. The van der Waals surface area contributed by atoms with Crippen LogP contribution < -0.4 is 17.2 Å². The standard InChI is InChI=1S/C30H33N5O6/c1-35(2)24-23(38)20(27(32)41)25(39)29(14-31)26(40)21-22(37)19-17(12-28(21,33)13-30(24,29)34)16(10-11-18(19)36)9-8-15-6-4-3-5-7-15/h10-11,15,24,36-37,39H,3-7,12-13,33-34H2,1-2H3,(H2,32,41)/t24-,28-,29+,30-/m1/s1. The third kappa shape index (κ3) is 3.73. The van der Waals surface area contributed by atoms with Crippen molar-refractivity contribution < 1.29 is 29.7 Å². The fourth-order valence-corrected chi connectivity index (χ4v) is 7.38. The zero-order chi connectivity index (χ0) is 30.1. The van der Waals surface area contributed by atoms with Crippen LogP contribution in [0.1, 0.15) is 55.2 Å². The first-order valence-electron chi connectivity index (χ1n) is 13.5. The SMILES string of the molecule is CN(C)[C@@H]1C(=O)C(C(N)=O)=C(O)[C@@]2(C#N)C(=O)C3=C(O)c4c(O)ccc(C#CC5CCCCC5)c4C[C@@]3(N)C[C@@]12N. The van der Waals surface area contributed by atoms with E-state index in [1.54, 1.807) is 12.1 Å². The molecule has 2 saturated carbocycles. The van der Waals surface area contributed by atoms with Crippen molar-refractivity contribution in [1.29, 1.82) is 5.26 Å². The van der Waals surface area contributed by atoms with Gasteiger partial charge in [-0.2, -0.15) is 5.26 Å². The molecular weight excluding hydrogens is 526 g/mol. The molecule has 4 aliphatic carbocycles. The van der Waals surface area contributed by atoms with Gasteiger partial charge in [-0.3, -0.25) is 19.3 Å². The number of rotatable bonds is 2. The maximum Gasteiger partial charge on any atom is 0.255 e. The lowest BCUT2D eigenvalue weighted by atomic mass is 9.47. The number of ketones is 2. The van der Waals surface area contributed by atoms with Gasteiger partial charge in [-0.25, -0.2) is 0 Å². The molecule has 41 heavy (non-hydrogen) atoms. The Hall–Kier alpha value is -4.16. The number of hydrogen-bond acceptors (Lipinski definition) is 10. The number of nitrogens with two attached hydrogens (primary N) is 3. The molecule has 1 aromatic carbocycles. The monoisotopic (exact) mass is 559 g/mol. The molecule has 214 valence electrons. The minimum Gasteiger partial charge on any atom is -0.509 e. The average molecular weight is 560 g/mol. The molecule has 11 heteroatoms. The van der Waals surface area contributed by atoms with Crippen LogP contribution in [0.25, 0.3) is 5.76 Å². The van der Waals surface area contributed by atoms with Gasteiger partial charge in [-0.15, -0.1) is 0 Å². The molecule has 0 unspecified atom stereocenters. The zero-order valence-electron chi connectivity index (χ0n) is 23.0. The van der Waals surface area contributed by atoms with Crippen molar-refractivity contribution in [3.63, 3.8) is 0 Å². The fraction of sp³-hybridized carbons (Fsp3) is 0.467. The highest BCUT2D eigenvalue weighted by atomic mass is 16.3. The molecule has 0 bridgehead atoms. The van der Waals surface area contributed by atoms with Gasteiger partial charge in [0, 0.05) is 11.5 Å². The lowest BCUT2D eigenvalue weighted by Crippen LogP contribution is -2.80. The van der Waals surface area contributed by atoms with Gasteiger partial charge in [-0.1, -0.05) is 31.1 Å². The van der Waals surface area contributed by atoms with Crippen molar-refractivity contribution in [2.75, 3.05) is 14.1 Å². The van der Waals surface area contributed by atoms with E-state index >= 15 is 0 Å². The van der Waals surface area contributed by atoms with E-state index in [1.165, 1.54) is 31.5 Å². The third-order valence-corrected chi connectivity index (χ3v) is 9.15. The minimum atomic E-state index is -2.68. The second-order valence-corrected chi connectivity index (χ2v) is 11.9. The van der Waals surface area contributed by atoms with Crippen molar-refractivity contribution >= 4 is 23.2 Å². The molecule has 4 atom stereocenters. The van der Waals surface area contributed by atoms with Crippen molar-refractivity contribution in [1.82, 2.24) is 4.90 Å². The Morgan fingerprint density at radius 3 is 2.34 bits per heavy atom. The summed E-state index contributed by atoms with van der Waals surface area (Å²) in [5, 5.41) is 44.1. The van der Waals surface area contributed by atoms with Crippen LogP contribution in [0.4, 0.5) is 0 Å². The number of amides is 1. The van der Waals surface area contributed by atoms with Crippen molar-refractivity contribution in [3.05, 3.63) is 45.7 Å². The van der Waals surface area contributed by atoms with E-state index in [2.05, 4.69) is 11.8 Å². The second kappa shape index (κ2) is 9.45. The number of likely N-dealkylation sites (N-methyl/N-ethyl adjacent to an activating group) is 1. The van der Waals surface area contributed by atoms with E-state index in [0.29, 0.717) is 11.1 Å². The first-order chi connectivity index (χ1) is 19.2. The molecule has 0 spiro atoms. The molecule has 5 rings (SSSR count). The van der Waals surface area contributed by atoms with E-state index in [4.69, 9.17) is 17.2 Å². The van der Waals surface area contributed by atoms with Crippen LogP contribution in [0.2, 0.25) is 0 Å². The predicted octanol–water partition coefficient (Wildman–Crippen LogP) is 0.837. The van der Waals surface area contributed by atoms with Gasteiger partial charge in [0.25, 0.3) is 5.91 Å². The number of aliphatic hydroxyl groups is 2. The zero-order valence-corrected chi connectivity index (χ0v) is 23.0. The van der Waals surface area contributed by atoms with E-state index in [1.807, 2.05) is 0 Å². The normalized spacial score (nSPS) is 31.6. The predicted molar refractivity (Wildman–Crippen MR) is 148 cm³/mol. The molecular formula is C30H33N5O6. The van der Waals surface area contributed by atoms with E-state index in [0.717, 1.165) is 25.7 Å². The third-order valence-electron chi connectivity index (χ3n) is 9.15. The molecule has 11 nitrogen and oxygen atoms in total. The molecule has 4 aliphatic rings. The van der Waals surface area contributed by atoms with Crippen LogP contribution in [0, 0.1) is 34.5 Å². The van der Waals surface area contributed by atoms with Gasteiger partial charge in [-0.05, 0) is 57.5 Å². The number of carbonyl (C=O) groups is 3. The number of benzene rings is 1. The molecule has 9 N–H and O–H groups in total. The van der Waals surface area contributed by atoms with Gasteiger partial charge in [0.15, 0.2) is 17.0 Å². The molecule has 1 amide bonds. The Morgan fingerprint density at radius 2 is 1.76 bits per heavy atom. The van der Waals surface area contributed by atoms with Gasteiger partial charge < -0.3 is 32.5 Å². The Morgan fingerprint density at radius 1 is 1.10 bits per heavy atom. The second-order valence-electron chi connectivity index (χ2n) is 11.9. The van der Waals surface area contributed by atoms with Crippen LogP contribution in [-0.2, 0) is 20.8 Å². The molecule has 0 heterocycles. The van der Waals surface area contributed by atoms with E-state index < -0.39 is 69.1 Å². The molecule has 0 radical (unpaired) electrons. The lowest BCUT2D eigenvalue weighted by molar-refractivity contribution is -0.139.